The number of benzene rings is 1. The molecule has 0 N–H and O–H groups in total. The van der Waals surface area contributed by atoms with Gasteiger partial charge >= 0.3 is 0 Å². The number of quaternary nitrogens is 1. The molecule has 1 heterocycles. The molecule has 0 amide bonds. The maximum absolute atomic E-state index is 8.89. The van der Waals surface area contributed by atoms with Crippen molar-refractivity contribution in [2.75, 3.05) is 44.2 Å². The first-order valence-electron chi connectivity index (χ1n) is 13.9. The van der Waals surface area contributed by atoms with E-state index in [1.54, 1.807) is 0 Å². The molecule has 0 saturated carbocycles. The van der Waals surface area contributed by atoms with Crippen LogP contribution in [0.25, 0.3) is 12.2 Å². The Labute approximate surface area is 236 Å². The number of hydrogen-bond acceptors (Lipinski definition) is 5. The summed E-state index contributed by atoms with van der Waals surface area (Å²) in [6.45, 7) is 21.4. The van der Waals surface area contributed by atoms with Gasteiger partial charge < -0.3 is 29.2 Å². The molecule has 0 bridgehead atoms. The summed E-state index contributed by atoms with van der Waals surface area (Å²) in [6.07, 6.45) is 14.2. The van der Waals surface area contributed by atoms with Crippen LogP contribution in [-0.4, -0.2) is 55.7 Å². The van der Waals surface area contributed by atoms with E-state index in [4.69, 9.17) is 19.8 Å². The Hall–Kier alpha value is -3.45. The standard InChI is InChI=1S/C28H43N3.2C2H4O2/c1-6-30(7-2)28-18-16-26(17-19-28)14-11-12-15-27-20-23-29(24-21-27)22-13-25-31(8-3,9-4)10-5;2*1-2(3)4/h11-12,14-21,23-24H,6-10,13,22,25H2,1-5H3;2*1H3,(H,3,4)/q+2;;/p-2. The van der Waals surface area contributed by atoms with Crippen LogP contribution in [0.2, 0.25) is 0 Å². The number of pyridine rings is 1. The van der Waals surface area contributed by atoms with E-state index in [0.29, 0.717) is 0 Å². The Bertz CT molecular complexity index is 963. The van der Waals surface area contributed by atoms with Crippen LogP contribution in [-0.2, 0) is 16.1 Å². The molecule has 216 valence electrons. The molecule has 7 heteroatoms. The van der Waals surface area contributed by atoms with Gasteiger partial charge in [-0.05, 0) is 71.7 Å². The maximum Gasteiger partial charge on any atom is 0.169 e. The quantitative estimate of drug-likeness (QED) is 0.221. The largest absolute Gasteiger partial charge is 0.550 e. The molecule has 0 spiro atoms. The Morgan fingerprint density at radius 2 is 1.18 bits per heavy atom. The fourth-order valence-corrected chi connectivity index (χ4v) is 4.18. The molecule has 0 aliphatic heterocycles. The van der Waals surface area contributed by atoms with Crippen molar-refractivity contribution in [3.63, 3.8) is 0 Å². The number of nitrogens with zero attached hydrogens (tertiary/aromatic N) is 3. The molecule has 1 aromatic heterocycles. The van der Waals surface area contributed by atoms with Gasteiger partial charge in [0.1, 0.15) is 0 Å². The van der Waals surface area contributed by atoms with E-state index in [1.165, 1.54) is 53.9 Å². The molecule has 1 aromatic carbocycles. The van der Waals surface area contributed by atoms with E-state index in [-0.39, 0.29) is 0 Å². The van der Waals surface area contributed by atoms with Crippen molar-refractivity contribution in [2.24, 2.45) is 0 Å². The van der Waals surface area contributed by atoms with E-state index in [1.807, 2.05) is 0 Å². The average Bonchev–Trinajstić information content (AvgIpc) is 2.91. The van der Waals surface area contributed by atoms with Gasteiger partial charge in [-0.1, -0.05) is 36.4 Å². The molecule has 0 aliphatic carbocycles. The van der Waals surface area contributed by atoms with Crippen LogP contribution in [0.5, 0.6) is 0 Å². The minimum atomic E-state index is -1.08. The fourth-order valence-electron chi connectivity index (χ4n) is 4.18. The van der Waals surface area contributed by atoms with Crippen molar-refractivity contribution in [2.45, 2.75) is 61.4 Å². The molecule has 0 aliphatic rings. The Kier molecular flexibility index (Phi) is 18.7. The summed E-state index contributed by atoms with van der Waals surface area (Å²) < 4.78 is 3.53. The first-order chi connectivity index (χ1) is 18.6. The van der Waals surface area contributed by atoms with Crippen LogP contribution in [0.15, 0.2) is 60.9 Å². The second-order valence-electron chi connectivity index (χ2n) is 9.20. The first kappa shape index (κ1) is 35.5. The normalized spacial score (nSPS) is 10.9. The zero-order chi connectivity index (χ0) is 29.7. The highest BCUT2D eigenvalue weighted by molar-refractivity contribution is 5.60. The molecule has 0 atom stereocenters. The van der Waals surface area contributed by atoms with Gasteiger partial charge in [-0.2, -0.15) is 0 Å². The predicted octanol–water partition coefficient (Wildman–Crippen LogP) is 3.33. The highest BCUT2D eigenvalue weighted by Gasteiger charge is 2.20. The van der Waals surface area contributed by atoms with E-state index in [2.05, 4.69) is 117 Å². The van der Waals surface area contributed by atoms with Crippen molar-refractivity contribution in [1.82, 2.24) is 0 Å². The van der Waals surface area contributed by atoms with Crippen LogP contribution in [0.4, 0.5) is 5.69 Å². The van der Waals surface area contributed by atoms with Gasteiger partial charge in [-0.3, -0.25) is 0 Å². The summed E-state index contributed by atoms with van der Waals surface area (Å²) in [6, 6.07) is 13.2. The van der Waals surface area contributed by atoms with Crippen LogP contribution in [0.3, 0.4) is 0 Å². The highest BCUT2D eigenvalue weighted by Crippen LogP contribution is 2.15. The van der Waals surface area contributed by atoms with Gasteiger partial charge in [0.05, 0.1) is 32.6 Å². The number of carboxylic acid groups (broad SMARTS) is 2. The predicted molar refractivity (Wildman–Crippen MR) is 157 cm³/mol. The molecule has 0 saturated heterocycles. The maximum atomic E-state index is 8.89. The number of rotatable bonds is 13. The van der Waals surface area contributed by atoms with E-state index >= 15 is 0 Å². The first-order valence-corrected chi connectivity index (χ1v) is 13.9. The van der Waals surface area contributed by atoms with Gasteiger partial charge in [0, 0.05) is 42.8 Å². The third-order valence-corrected chi connectivity index (χ3v) is 6.69. The van der Waals surface area contributed by atoms with E-state index in [9.17, 15) is 0 Å². The van der Waals surface area contributed by atoms with Crippen molar-refractivity contribution in [1.29, 1.82) is 0 Å². The lowest BCUT2D eigenvalue weighted by atomic mass is 10.1. The smallest absolute Gasteiger partial charge is 0.169 e. The Morgan fingerprint density at radius 3 is 1.56 bits per heavy atom. The third kappa shape index (κ3) is 16.2. The number of anilines is 1. The molecule has 2 rings (SSSR count). The van der Waals surface area contributed by atoms with Gasteiger partial charge in [0.15, 0.2) is 18.9 Å². The highest BCUT2D eigenvalue weighted by atomic mass is 16.4. The van der Waals surface area contributed by atoms with Crippen LogP contribution in [0, 0.1) is 0 Å². The minimum absolute atomic E-state index is 0.972. The second kappa shape index (κ2) is 20.5. The molecule has 0 unspecified atom stereocenters. The Balaban J connectivity index is 0.00000159. The monoisotopic (exact) mass is 539 g/mol. The number of aliphatic carboxylic acids is 2. The third-order valence-electron chi connectivity index (χ3n) is 6.69. The number of aromatic nitrogens is 1. The lowest BCUT2D eigenvalue weighted by molar-refractivity contribution is -0.925. The number of carbonyl (C=O) groups excluding carboxylic acids is 2. The van der Waals surface area contributed by atoms with Gasteiger partial charge in [0.25, 0.3) is 0 Å². The van der Waals surface area contributed by atoms with Crippen LogP contribution in [0.1, 0.15) is 66.0 Å². The molecular weight excluding hydrogens is 490 g/mol. The lowest BCUT2D eigenvalue weighted by Gasteiger charge is -2.35. The zero-order valence-electron chi connectivity index (χ0n) is 25.1. The summed E-state index contributed by atoms with van der Waals surface area (Å²) in [5, 5.41) is 17.8. The number of allylic oxidation sites excluding steroid dienone is 2. The molecule has 7 nitrogen and oxygen atoms in total. The fraction of sp³-hybridized carbons (Fsp3) is 0.469. The van der Waals surface area contributed by atoms with Gasteiger partial charge in [0.2, 0.25) is 0 Å². The van der Waals surface area contributed by atoms with E-state index in [0.717, 1.165) is 33.5 Å². The van der Waals surface area contributed by atoms with Gasteiger partial charge in [-0.15, -0.1) is 0 Å². The summed E-state index contributed by atoms with van der Waals surface area (Å²) in [5.41, 5.74) is 3.75. The molecule has 39 heavy (non-hydrogen) atoms. The van der Waals surface area contributed by atoms with Gasteiger partial charge in [-0.25, -0.2) is 4.57 Å². The number of hydrogen-bond donors (Lipinski definition) is 0. The number of carboxylic acids is 2. The van der Waals surface area contributed by atoms with Crippen molar-refractivity contribution >= 4 is 29.8 Å². The molecule has 0 radical (unpaired) electrons. The zero-order valence-corrected chi connectivity index (χ0v) is 25.1. The summed E-state index contributed by atoms with van der Waals surface area (Å²) in [5.74, 6) is -2.17. The average molecular weight is 540 g/mol. The lowest BCUT2D eigenvalue weighted by Crippen LogP contribution is -2.49. The Morgan fingerprint density at radius 1 is 0.769 bits per heavy atom. The second-order valence-corrected chi connectivity index (χ2v) is 9.20. The van der Waals surface area contributed by atoms with Crippen molar-refractivity contribution in [3.8, 4) is 0 Å². The molecular formula is C32H49N3O4. The topological polar surface area (TPSA) is 87.4 Å². The summed E-state index contributed by atoms with van der Waals surface area (Å²) >= 11 is 0. The number of aryl methyl sites for hydroxylation is 1. The van der Waals surface area contributed by atoms with Crippen LogP contribution >= 0.6 is 0 Å². The molecule has 2 aromatic rings. The minimum Gasteiger partial charge on any atom is -0.550 e. The van der Waals surface area contributed by atoms with E-state index < -0.39 is 11.9 Å². The number of carbonyl (C=O) groups is 2. The summed E-state index contributed by atoms with van der Waals surface area (Å²) in [7, 11) is 0. The molecule has 0 fully saturated rings. The van der Waals surface area contributed by atoms with Crippen LogP contribution < -0.4 is 19.7 Å². The summed E-state index contributed by atoms with van der Waals surface area (Å²) in [4.78, 5) is 20.1. The van der Waals surface area contributed by atoms with Crippen molar-refractivity contribution < 1.29 is 28.9 Å². The SMILES string of the molecule is CC(=O)[O-].CC(=O)[O-].CCN(CC)c1ccc(C=CC=Cc2cc[n+](CCC[N+](CC)(CC)CC)cc2)cc1. The van der Waals surface area contributed by atoms with Crippen molar-refractivity contribution in [3.05, 3.63) is 72.1 Å².